The third-order valence-corrected chi connectivity index (χ3v) is 4.77. The monoisotopic (exact) mass is 514 g/mol. The van der Waals surface area contributed by atoms with Crippen molar-refractivity contribution in [2.75, 3.05) is 39.0 Å². The molecule has 1 atom stereocenters. The standard InChI is InChI=1S/C17H30N4O4S.HI/c1-5-18-17(19-11-12-21-26(22,23)6-2)20-13-14(3)25-16-10-8-7-9-15(16)24-4;/h7-10,14,21H,5-6,11-13H2,1-4H3,(H2,18,19,20);1H. The zero-order valence-electron chi connectivity index (χ0n) is 16.3. The molecule has 10 heteroatoms. The minimum atomic E-state index is -3.18. The highest BCUT2D eigenvalue weighted by atomic mass is 127. The number of halogens is 1. The molecular formula is C17H31IN4O4S. The molecule has 0 aliphatic carbocycles. The summed E-state index contributed by atoms with van der Waals surface area (Å²) in [6, 6.07) is 7.46. The van der Waals surface area contributed by atoms with E-state index in [2.05, 4.69) is 20.3 Å². The number of hydrogen-bond donors (Lipinski definition) is 3. The van der Waals surface area contributed by atoms with E-state index in [0.29, 0.717) is 43.6 Å². The molecule has 0 saturated heterocycles. The first-order valence-corrected chi connectivity index (χ1v) is 10.4. The van der Waals surface area contributed by atoms with Gasteiger partial charge in [-0.2, -0.15) is 0 Å². The molecule has 0 radical (unpaired) electrons. The number of aliphatic imine (C=N–C) groups is 1. The Morgan fingerprint density at radius 2 is 1.81 bits per heavy atom. The second-order valence-corrected chi connectivity index (χ2v) is 7.62. The highest BCUT2D eigenvalue weighted by Crippen LogP contribution is 2.26. The van der Waals surface area contributed by atoms with Gasteiger partial charge in [-0.1, -0.05) is 12.1 Å². The van der Waals surface area contributed by atoms with Crippen LogP contribution in [-0.4, -0.2) is 59.5 Å². The molecule has 0 fully saturated rings. The number of sulfonamides is 1. The van der Waals surface area contributed by atoms with Crippen LogP contribution >= 0.6 is 24.0 Å². The van der Waals surface area contributed by atoms with Gasteiger partial charge in [-0.05, 0) is 32.9 Å². The van der Waals surface area contributed by atoms with E-state index in [9.17, 15) is 8.42 Å². The lowest BCUT2D eigenvalue weighted by Gasteiger charge is -2.16. The van der Waals surface area contributed by atoms with Gasteiger partial charge in [0.15, 0.2) is 17.5 Å². The van der Waals surface area contributed by atoms with Crippen molar-refractivity contribution in [3.05, 3.63) is 24.3 Å². The predicted octanol–water partition coefficient (Wildman–Crippen LogP) is 1.57. The summed E-state index contributed by atoms with van der Waals surface area (Å²) in [5, 5.41) is 6.21. The van der Waals surface area contributed by atoms with Crippen LogP contribution in [0.15, 0.2) is 29.3 Å². The van der Waals surface area contributed by atoms with Crippen LogP contribution in [0.1, 0.15) is 20.8 Å². The van der Waals surface area contributed by atoms with Gasteiger partial charge in [0.05, 0.1) is 19.4 Å². The van der Waals surface area contributed by atoms with Crippen molar-refractivity contribution in [1.82, 2.24) is 15.4 Å². The van der Waals surface area contributed by atoms with Crippen molar-refractivity contribution in [3.8, 4) is 11.5 Å². The second kappa shape index (κ2) is 13.8. The molecule has 27 heavy (non-hydrogen) atoms. The van der Waals surface area contributed by atoms with E-state index in [1.54, 1.807) is 14.0 Å². The van der Waals surface area contributed by atoms with Gasteiger partial charge in [0.25, 0.3) is 0 Å². The number of nitrogens with zero attached hydrogens (tertiary/aromatic N) is 1. The average molecular weight is 514 g/mol. The number of nitrogens with one attached hydrogen (secondary N) is 3. The van der Waals surface area contributed by atoms with Gasteiger partial charge >= 0.3 is 0 Å². The zero-order chi connectivity index (χ0) is 19.4. The summed E-state index contributed by atoms with van der Waals surface area (Å²) in [4.78, 5) is 4.47. The Hall–Kier alpha value is -1.27. The maximum Gasteiger partial charge on any atom is 0.211 e. The van der Waals surface area contributed by atoms with Crippen LogP contribution in [0.5, 0.6) is 11.5 Å². The molecule has 3 N–H and O–H groups in total. The molecule has 1 aromatic rings. The van der Waals surface area contributed by atoms with Crippen molar-refractivity contribution < 1.29 is 17.9 Å². The van der Waals surface area contributed by atoms with Gasteiger partial charge in [-0.25, -0.2) is 18.1 Å². The molecule has 1 unspecified atom stereocenters. The number of ether oxygens (including phenoxy) is 2. The van der Waals surface area contributed by atoms with E-state index >= 15 is 0 Å². The number of rotatable bonds is 11. The van der Waals surface area contributed by atoms with E-state index in [4.69, 9.17) is 9.47 Å². The van der Waals surface area contributed by atoms with E-state index in [0.717, 1.165) is 0 Å². The molecular weight excluding hydrogens is 483 g/mol. The predicted molar refractivity (Wildman–Crippen MR) is 120 cm³/mol. The minimum absolute atomic E-state index is 0. The van der Waals surface area contributed by atoms with Gasteiger partial charge in [0.1, 0.15) is 6.10 Å². The summed E-state index contributed by atoms with van der Waals surface area (Å²) in [5.41, 5.74) is 0. The van der Waals surface area contributed by atoms with Crippen molar-refractivity contribution in [3.63, 3.8) is 0 Å². The van der Waals surface area contributed by atoms with Crippen molar-refractivity contribution in [2.24, 2.45) is 4.99 Å². The number of methoxy groups -OCH3 is 1. The van der Waals surface area contributed by atoms with E-state index in [1.807, 2.05) is 38.1 Å². The number of para-hydroxylation sites is 2. The maximum atomic E-state index is 11.4. The fourth-order valence-corrected chi connectivity index (χ4v) is 2.64. The average Bonchev–Trinajstić information content (AvgIpc) is 2.63. The lowest BCUT2D eigenvalue weighted by atomic mass is 10.3. The topological polar surface area (TPSA) is 101 Å². The molecule has 0 bridgehead atoms. The lowest BCUT2D eigenvalue weighted by molar-refractivity contribution is 0.219. The summed E-state index contributed by atoms with van der Waals surface area (Å²) in [7, 11) is -1.58. The molecule has 0 spiro atoms. The van der Waals surface area contributed by atoms with E-state index in [-0.39, 0.29) is 35.8 Å². The van der Waals surface area contributed by atoms with Crippen molar-refractivity contribution in [2.45, 2.75) is 26.9 Å². The third-order valence-electron chi connectivity index (χ3n) is 3.37. The Kier molecular flexibility index (Phi) is 13.2. The van der Waals surface area contributed by atoms with Crippen LogP contribution in [0, 0.1) is 0 Å². The quantitative estimate of drug-likeness (QED) is 0.180. The Morgan fingerprint density at radius 1 is 1.15 bits per heavy atom. The summed E-state index contributed by atoms with van der Waals surface area (Å²) in [5.74, 6) is 2.03. The Balaban J connectivity index is 0.00000676. The minimum Gasteiger partial charge on any atom is -0.493 e. The van der Waals surface area contributed by atoms with Crippen molar-refractivity contribution >= 4 is 40.0 Å². The molecule has 0 saturated carbocycles. The Labute approximate surface area is 179 Å². The summed E-state index contributed by atoms with van der Waals surface area (Å²) >= 11 is 0. The first-order valence-electron chi connectivity index (χ1n) is 8.71. The van der Waals surface area contributed by atoms with Crippen LogP contribution in [-0.2, 0) is 10.0 Å². The Morgan fingerprint density at radius 3 is 2.41 bits per heavy atom. The fraction of sp³-hybridized carbons (Fsp3) is 0.588. The SMILES string of the molecule is CCNC(=NCC(C)Oc1ccccc1OC)NCCNS(=O)(=O)CC.I. The molecule has 0 aliphatic rings. The summed E-state index contributed by atoms with van der Waals surface area (Å²) < 4.78 is 36.4. The van der Waals surface area contributed by atoms with Crippen LogP contribution in [0.2, 0.25) is 0 Å². The van der Waals surface area contributed by atoms with Crippen molar-refractivity contribution in [1.29, 1.82) is 0 Å². The molecule has 0 aliphatic heterocycles. The zero-order valence-corrected chi connectivity index (χ0v) is 19.5. The van der Waals surface area contributed by atoms with Gasteiger partial charge in [0.2, 0.25) is 10.0 Å². The number of benzene rings is 1. The molecule has 8 nitrogen and oxygen atoms in total. The van der Waals surface area contributed by atoms with Gasteiger partial charge in [-0.15, -0.1) is 24.0 Å². The van der Waals surface area contributed by atoms with Gasteiger partial charge < -0.3 is 20.1 Å². The molecule has 0 heterocycles. The highest BCUT2D eigenvalue weighted by molar-refractivity contribution is 14.0. The van der Waals surface area contributed by atoms with Gasteiger partial charge in [-0.3, -0.25) is 0 Å². The smallest absolute Gasteiger partial charge is 0.211 e. The highest BCUT2D eigenvalue weighted by Gasteiger charge is 2.09. The van der Waals surface area contributed by atoms with Crippen LogP contribution < -0.4 is 24.8 Å². The third kappa shape index (κ3) is 10.6. The summed E-state index contributed by atoms with van der Waals surface area (Å²) in [6.07, 6.45) is -0.152. The molecule has 156 valence electrons. The van der Waals surface area contributed by atoms with Crippen LogP contribution in [0.3, 0.4) is 0 Å². The first kappa shape index (κ1) is 25.7. The van der Waals surface area contributed by atoms with Crippen LogP contribution in [0.4, 0.5) is 0 Å². The molecule has 1 aromatic carbocycles. The first-order chi connectivity index (χ1) is 12.4. The molecule has 1 rings (SSSR count). The fourth-order valence-electron chi connectivity index (χ4n) is 2.02. The molecule has 0 amide bonds. The Bertz CT molecular complexity index is 671. The number of guanidine groups is 1. The lowest BCUT2D eigenvalue weighted by Crippen LogP contribution is -2.42. The number of hydrogen-bond acceptors (Lipinski definition) is 5. The molecule has 0 aromatic heterocycles. The second-order valence-electron chi connectivity index (χ2n) is 5.52. The van der Waals surface area contributed by atoms with E-state index in [1.165, 1.54) is 0 Å². The normalized spacial score (nSPS) is 12.7. The summed E-state index contributed by atoms with van der Waals surface area (Å²) in [6.45, 7) is 7.37. The maximum absolute atomic E-state index is 11.4. The van der Waals surface area contributed by atoms with E-state index < -0.39 is 10.0 Å². The largest absolute Gasteiger partial charge is 0.493 e. The van der Waals surface area contributed by atoms with Gasteiger partial charge in [0, 0.05) is 19.6 Å². The van der Waals surface area contributed by atoms with Crippen LogP contribution in [0.25, 0.3) is 0 Å².